The summed E-state index contributed by atoms with van der Waals surface area (Å²) in [6.07, 6.45) is 2.13. The molecular formula is C17H19FN2. The molecule has 20 heavy (non-hydrogen) atoms. The van der Waals surface area contributed by atoms with Crippen molar-refractivity contribution >= 4 is 11.4 Å². The van der Waals surface area contributed by atoms with Gasteiger partial charge in [-0.05, 0) is 42.5 Å². The SMILES string of the molecule is Nc1ccc(N2CCC(c3ccccc3)CC2)c(F)c1. The normalized spacial score (nSPS) is 16.4. The summed E-state index contributed by atoms with van der Waals surface area (Å²) in [5, 5.41) is 0. The van der Waals surface area contributed by atoms with Crippen molar-refractivity contribution in [2.75, 3.05) is 23.7 Å². The van der Waals surface area contributed by atoms with Crippen LogP contribution in [0.2, 0.25) is 0 Å². The van der Waals surface area contributed by atoms with Crippen LogP contribution >= 0.6 is 0 Å². The molecule has 0 radical (unpaired) electrons. The van der Waals surface area contributed by atoms with Gasteiger partial charge in [0, 0.05) is 18.8 Å². The number of piperidine rings is 1. The molecule has 0 spiro atoms. The number of halogens is 1. The van der Waals surface area contributed by atoms with E-state index in [1.54, 1.807) is 12.1 Å². The molecule has 2 aromatic rings. The zero-order valence-electron chi connectivity index (χ0n) is 11.4. The van der Waals surface area contributed by atoms with Gasteiger partial charge < -0.3 is 10.6 Å². The first kappa shape index (κ1) is 13.0. The minimum atomic E-state index is -0.219. The average Bonchev–Trinajstić information content (AvgIpc) is 2.48. The molecule has 0 aromatic heterocycles. The summed E-state index contributed by atoms with van der Waals surface area (Å²) >= 11 is 0. The van der Waals surface area contributed by atoms with Gasteiger partial charge in [0.15, 0.2) is 0 Å². The number of hydrogen-bond acceptors (Lipinski definition) is 2. The van der Waals surface area contributed by atoms with E-state index in [1.807, 2.05) is 6.07 Å². The second-order valence-electron chi connectivity index (χ2n) is 5.38. The number of benzene rings is 2. The van der Waals surface area contributed by atoms with Gasteiger partial charge in [-0.3, -0.25) is 0 Å². The molecule has 0 unspecified atom stereocenters. The number of nitrogens with zero attached hydrogens (tertiary/aromatic N) is 1. The molecular weight excluding hydrogens is 251 g/mol. The zero-order valence-corrected chi connectivity index (χ0v) is 11.4. The van der Waals surface area contributed by atoms with Crippen LogP contribution in [0.4, 0.5) is 15.8 Å². The van der Waals surface area contributed by atoms with Crippen molar-refractivity contribution in [3.05, 3.63) is 59.9 Å². The fourth-order valence-electron chi connectivity index (χ4n) is 2.96. The van der Waals surface area contributed by atoms with E-state index in [-0.39, 0.29) is 5.82 Å². The Morgan fingerprint density at radius 2 is 1.70 bits per heavy atom. The maximum atomic E-state index is 13.9. The van der Waals surface area contributed by atoms with Gasteiger partial charge in [-0.2, -0.15) is 0 Å². The molecule has 0 amide bonds. The van der Waals surface area contributed by atoms with Gasteiger partial charge in [-0.15, -0.1) is 0 Å². The van der Waals surface area contributed by atoms with Gasteiger partial charge in [0.1, 0.15) is 5.82 Å². The third kappa shape index (κ3) is 2.62. The van der Waals surface area contributed by atoms with Gasteiger partial charge >= 0.3 is 0 Å². The predicted octanol–water partition coefficient (Wildman–Crippen LogP) is 3.79. The molecule has 2 nitrogen and oxygen atoms in total. The topological polar surface area (TPSA) is 29.3 Å². The molecule has 3 heteroatoms. The van der Waals surface area contributed by atoms with Gasteiger partial charge in [0.2, 0.25) is 0 Å². The third-order valence-corrected chi connectivity index (χ3v) is 4.08. The van der Waals surface area contributed by atoms with Crippen LogP contribution in [0.25, 0.3) is 0 Å². The number of nitrogens with two attached hydrogens (primary N) is 1. The van der Waals surface area contributed by atoms with E-state index in [9.17, 15) is 4.39 Å². The van der Waals surface area contributed by atoms with E-state index in [0.29, 0.717) is 17.3 Å². The van der Waals surface area contributed by atoms with E-state index in [1.165, 1.54) is 11.6 Å². The number of hydrogen-bond donors (Lipinski definition) is 1. The molecule has 3 rings (SSSR count). The highest BCUT2D eigenvalue weighted by Gasteiger charge is 2.22. The summed E-state index contributed by atoms with van der Waals surface area (Å²) in [4.78, 5) is 2.12. The lowest BCUT2D eigenvalue weighted by Gasteiger charge is -2.34. The minimum Gasteiger partial charge on any atom is -0.399 e. The van der Waals surface area contributed by atoms with Crippen LogP contribution in [0.1, 0.15) is 24.3 Å². The Bertz CT molecular complexity index is 575. The first-order valence-electron chi connectivity index (χ1n) is 7.09. The monoisotopic (exact) mass is 270 g/mol. The van der Waals surface area contributed by atoms with Crippen molar-refractivity contribution in [1.29, 1.82) is 0 Å². The maximum Gasteiger partial charge on any atom is 0.148 e. The second-order valence-corrected chi connectivity index (χ2v) is 5.38. The van der Waals surface area contributed by atoms with Crippen molar-refractivity contribution in [1.82, 2.24) is 0 Å². The maximum absolute atomic E-state index is 13.9. The van der Waals surface area contributed by atoms with Crippen LogP contribution in [-0.2, 0) is 0 Å². The molecule has 1 aliphatic rings. The molecule has 2 aromatic carbocycles. The quantitative estimate of drug-likeness (QED) is 0.841. The minimum absolute atomic E-state index is 0.219. The van der Waals surface area contributed by atoms with E-state index in [0.717, 1.165) is 25.9 Å². The molecule has 104 valence electrons. The van der Waals surface area contributed by atoms with Crippen molar-refractivity contribution in [2.45, 2.75) is 18.8 Å². The molecule has 1 aliphatic heterocycles. The van der Waals surface area contributed by atoms with Gasteiger partial charge in [0.05, 0.1) is 5.69 Å². The molecule has 0 bridgehead atoms. The zero-order chi connectivity index (χ0) is 13.9. The molecule has 1 fully saturated rings. The van der Waals surface area contributed by atoms with E-state index in [4.69, 9.17) is 5.73 Å². The highest BCUT2D eigenvalue weighted by atomic mass is 19.1. The predicted molar refractivity (Wildman–Crippen MR) is 81.4 cm³/mol. The lowest BCUT2D eigenvalue weighted by atomic mass is 9.89. The summed E-state index contributed by atoms with van der Waals surface area (Å²) in [6, 6.07) is 15.5. The lowest BCUT2D eigenvalue weighted by molar-refractivity contribution is 0.497. The molecule has 2 N–H and O–H groups in total. The Balaban J connectivity index is 1.69. The Kier molecular flexibility index (Phi) is 3.59. The first-order chi connectivity index (χ1) is 9.74. The Morgan fingerprint density at radius 1 is 1.00 bits per heavy atom. The van der Waals surface area contributed by atoms with Crippen LogP contribution < -0.4 is 10.6 Å². The number of nitrogen functional groups attached to an aromatic ring is 1. The van der Waals surface area contributed by atoms with Crippen molar-refractivity contribution in [3.8, 4) is 0 Å². The summed E-state index contributed by atoms with van der Waals surface area (Å²) < 4.78 is 13.9. The van der Waals surface area contributed by atoms with E-state index >= 15 is 0 Å². The summed E-state index contributed by atoms with van der Waals surface area (Å²) in [5.74, 6) is 0.368. The Morgan fingerprint density at radius 3 is 2.35 bits per heavy atom. The number of rotatable bonds is 2. The van der Waals surface area contributed by atoms with Gasteiger partial charge in [0.25, 0.3) is 0 Å². The van der Waals surface area contributed by atoms with E-state index < -0.39 is 0 Å². The standard InChI is InChI=1S/C17H19FN2/c18-16-12-15(19)6-7-17(16)20-10-8-14(9-11-20)13-4-2-1-3-5-13/h1-7,12,14H,8-11,19H2. The van der Waals surface area contributed by atoms with Crippen LogP contribution in [-0.4, -0.2) is 13.1 Å². The molecule has 0 saturated carbocycles. The van der Waals surface area contributed by atoms with Crippen LogP contribution in [0.3, 0.4) is 0 Å². The van der Waals surface area contributed by atoms with Gasteiger partial charge in [-0.25, -0.2) is 4.39 Å². The number of anilines is 2. The summed E-state index contributed by atoms with van der Waals surface area (Å²) in [7, 11) is 0. The first-order valence-corrected chi connectivity index (χ1v) is 7.09. The highest BCUT2D eigenvalue weighted by Crippen LogP contribution is 2.31. The van der Waals surface area contributed by atoms with Crippen molar-refractivity contribution in [2.24, 2.45) is 0 Å². The van der Waals surface area contributed by atoms with Crippen molar-refractivity contribution in [3.63, 3.8) is 0 Å². The third-order valence-electron chi connectivity index (χ3n) is 4.08. The smallest absolute Gasteiger partial charge is 0.148 e. The highest BCUT2D eigenvalue weighted by molar-refractivity contribution is 5.54. The van der Waals surface area contributed by atoms with Crippen LogP contribution in [0, 0.1) is 5.82 Å². The summed E-state index contributed by atoms with van der Waals surface area (Å²) in [6.45, 7) is 1.78. The largest absolute Gasteiger partial charge is 0.399 e. The lowest BCUT2D eigenvalue weighted by Crippen LogP contribution is -2.33. The molecule has 1 saturated heterocycles. The molecule has 0 aliphatic carbocycles. The van der Waals surface area contributed by atoms with Crippen LogP contribution in [0.15, 0.2) is 48.5 Å². The second kappa shape index (κ2) is 5.53. The Hall–Kier alpha value is -2.03. The summed E-state index contributed by atoms with van der Waals surface area (Å²) in [5.41, 5.74) is 8.14. The molecule has 1 heterocycles. The Labute approximate surface area is 119 Å². The average molecular weight is 270 g/mol. The fraction of sp³-hybridized carbons (Fsp3) is 0.294. The fourth-order valence-corrected chi connectivity index (χ4v) is 2.96. The van der Waals surface area contributed by atoms with E-state index in [2.05, 4.69) is 29.2 Å². The molecule has 0 atom stereocenters. The van der Waals surface area contributed by atoms with Crippen molar-refractivity contribution < 1.29 is 4.39 Å². The van der Waals surface area contributed by atoms with Crippen LogP contribution in [0.5, 0.6) is 0 Å². The van der Waals surface area contributed by atoms with Gasteiger partial charge in [-0.1, -0.05) is 30.3 Å².